The normalized spacial score (nSPS) is 22.6. The first-order chi connectivity index (χ1) is 9.65. The highest BCUT2D eigenvalue weighted by molar-refractivity contribution is 5.49. The number of anilines is 2. The second-order valence-corrected chi connectivity index (χ2v) is 5.45. The van der Waals surface area contributed by atoms with Crippen LogP contribution < -0.4 is 16.2 Å². The van der Waals surface area contributed by atoms with Crippen LogP contribution in [0.1, 0.15) is 44.9 Å². The lowest BCUT2D eigenvalue weighted by atomic mass is 9.91. The zero-order valence-electron chi connectivity index (χ0n) is 12.3. The molecular formula is C14H25N5O. The van der Waals surface area contributed by atoms with Crippen LogP contribution in [0.15, 0.2) is 6.07 Å². The fourth-order valence-corrected chi connectivity index (χ4v) is 2.79. The quantitative estimate of drug-likeness (QED) is 0.558. The minimum absolute atomic E-state index is 0.124. The van der Waals surface area contributed by atoms with Crippen molar-refractivity contribution in [2.24, 2.45) is 5.84 Å². The molecule has 6 nitrogen and oxygen atoms in total. The van der Waals surface area contributed by atoms with Crippen LogP contribution in [0.25, 0.3) is 0 Å². The number of nitrogen functional groups attached to an aromatic ring is 1. The van der Waals surface area contributed by atoms with E-state index in [-0.39, 0.29) is 12.1 Å². The summed E-state index contributed by atoms with van der Waals surface area (Å²) in [4.78, 5) is 11.0. The smallest absolute Gasteiger partial charge is 0.145 e. The minimum atomic E-state index is -0.285. The maximum absolute atomic E-state index is 10.2. The molecule has 1 aromatic rings. The SMILES string of the molecule is CCCc1nc(NN)cc(N(C)C2CCCCC2O)n1. The average molecular weight is 279 g/mol. The van der Waals surface area contributed by atoms with E-state index in [1.54, 1.807) is 0 Å². The molecule has 20 heavy (non-hydrogen) atoms. The molecule has 1 heterocycles. The molecule has 0 bridgehead atoms. The molecule has 1 aliphatic rings. The molecule has 1 saturated carbocycles. The molecule has 0 aromatic carbocycles. The topological polar surface area (TPSA) is 87.3 Å². The van der Waals surface area contributed by atoms with E-state index in [2.05, 4.69) is 27.2 Å². The van der Waals surface area contributed by atoms with Crippen LogP contribution in [0.2, 0.25) is 0 Å². The number of aliphatic hydroxyl groups excluding tert-OH is 1. The highest BCUT2D eigenvalue weighted by Crippen LogP contribution is 2.26. The van der Waals surface area contributed by atoms with Gasteiger partial charge in [0.25, 0.3) is 0 Å². The number of nitrogens with one attached hydrogen (secondary N) is 1. The van der Waals surface area contributed by atoms with Gasteiger partial charge in [-0.25, -0.2) is 15.8 Å². The lowest BCUT2D eigenvalue weighted by Gasteiger charge is -2.36. The fraction of sp³-hybridized carbons (Fsp3) is 0.714. The van der Waals surface area contributed by atoms with E-state index in [1.165, 1.54) is 0 Å². The molecule has 1 fully saturated rings. The lowest BCUT2D eigenvalue weighted by Crippen LogP contribution is -2.44. The number of aromatic nitrogens is 2. The van der Waals surface area contributed by atoms with E-state index in [4.69, 9.17) is 5.84 Å². The Morgan fingerprint density at radius 1 is 1.40 bits per heavy atom. The van der Waals surface area contributed by atoms with Crippen molar-refractivity contribution in [2.75, 3.05) is 17.4 Å². The number of nitrogens with two attached hydrogens (primary N) is 1. The Kier molecular flexibility index (Phi) is 5.14. The van der Waals surface area contributed by atoms with Gasteiger partial charge in [-0.3, -0.25) is 0 Å². The number of hydrazine groups is 1. The molecular weight excluding hydrogens is 254 g/mol. The zero-order chi connectivity index (χ0) is 14.5. The Bertz CT molecular complexity index is 440. The molecule has 0 radical (unpaired) electrons. The molecule has 4 N–H and O–H groups in total. The molecule has 0 spiro atoms. The monoisotopic (exact) mass is 279 g/mol. The van der Waals surface area contributed by atoms with E-state index < -0.39 is 0 Å². The summed E-state index contributed by atoms with van der Waals surface area (Å²) < 4.78 is 0. The summed E-state index contributed by atoms with van der Waals surface area (Å²) in [7, 11) is 1.98. The lowest BCUT2D eigenvalue weighted by molar-refractivity contribution is 0.106. The van der Waals surface area contributed by atoms with Crippen LogP contribution in [0.5, 0.6) is 0 Å². The highest BCUT2D eigenvalue weighted by Gasteiger charge is 2.27. The summed E-state index contributed by atoms with van der Waals surface area (Å²) in [5.74, 6) is 7.71. The van der Waals surface area contributed by atoms with Crippen molar-refractivity contribution < 1.29 is 5.11 Å². The molecule has 6 heteroatoms. The molecule has 1 aromatic heterocycles. The van der Waals surface area contributed by atoms with E-state index >= 15 is 0 Å². The van der Waals surface area contributed by atoms with Gasteiger partial charge in [0, 0.05) is 19.5 Å². The van der Waals surface area contributed by atoms with Crippen LogP contribution in [-0.2, 0) is 6.42 Å². The van der Waals surface area contributed by atoms with E-state index in [9.17, 15) is 5.11 Å². The van der Waals surface area contributed by atoms with Crippen molar-refractivity contribution >= 4 is 11.6 Å². The van der Waals surface area contributed by atoms with Gasteiger partial charge in [-0.2, -0.15) is 0 Å². The van der Waals surface area contributed by atoms with Crippen LogP contribution in [-0.4, -0.2) is 34.3 Å². The number of aliphatic hydroxyl groups is 1. The maximum atomic E-state index is 10.2. The first kappa shape index (κ1) is 15.0. The predicted octanol–water partition coefficient (Wildman–Crippen LogP) is 1.45. The van der Waals surface area contributed by atoms with Crippen LogP contribution in [0.4, 0.5) is 11.6 Å². The Labute approximate surface area is 120 Å². The van der Waals surface area contributed by atoms with E-state index in [1.807, 2.05) is 13.1 Å². The third-order valence-corrected chi connectivity index (χ3v) is 3.93. The Morgan fingerprint density at radius 2 is 2.15 bits per heavy atom. The third kappa shape index (κ3) is 3.37. The molecule has 0 aliphatic heterocycles. The van der Waals surface area contributed by atoms with Gasteiger partial charge < -0.3 is 15.4 Å². The zero-order valence-corrected chi connectivity index (χ0v) is 12.3. The third-order valence-electron chi connectivity index (χ3n) is 3.93. The summed E-state index contributed by atoms with van der Waals surface area (Å²) in [6.07, 6.45) is 5.65. The van der Waals surface area contributed by atoms with Gasteiger partial charge in [0.15, 0.2) is 0 Å². The number of nitrogens with zero attached hydrogens (tertiary/aromatic N) is 3. The number of aryl methyl sites for hydroxylation is 1. The van der Waals surface area contributed by atoms with Crippen LogP contribution in [0, 0.1) is 0 Å². The molecule has 2 atom stereocenters. The number of hydrogen-bond donors (Lipinski definition) is 3. The van der Waals surface area contributed by atoms with Crippen molar-refractivity contribution in [3.05, 3.63) is 11.9 Å². The van der Waals surface area contributed by atoms with Crippen LogP contribution >= 0.6 is 0 Å². The minimum Gasteiger partial charge on any atom is -0.391 e. The molecule has 0 amide bonds. The van der Waals surface area contributed by atoms with Gasteiger partial charge in [-0.1, -0.05) is 19.8 Å². The Morgan fingerprint density at radius 3 is 2.80 bits per heavy atom. The molecule has 2 rings (SSSR count). The second-order valence-electron chi connectivity index (χ2n) is 5.45. The Balaban J connectivity index is 2.23. The van der Waals surface area contributed by atoms with Gasteiger partial charge in [0.05, 0.1) is 12.1 Å². The van der Waals surface area contributed by atoms with Gasteiger partial charge in [-0.15, -0.1) is 0 Å². The van der Waals surface area contributed by atoms with E-state index in [0.29, 0.717) is 5.82 Å². The standard InChI is InChI=1S/C14H25N5O/c1-3-6-12-16-13(18-15)9-14(17-12)19(2)10-7-4-5-8-11(10)20/h9-11,20H,3-8,15H2,1-2H3,(H,16,17,18). The first-order valence-corrected chi connectivity index (χ1v) is 7.41. The summed E-state index contributed by atoms with van der Waals surface area (Å²) in [6, 6.07) is 1.96. The van der Waals surface area contributed by atoms with Gasteiger partial charge in [0.1, 0.15) is 17.5 Å². The predicted molar refractivity (Wildman–Crippen MR) is 80.5 cm³/mol. The second kappa shape index (κ2) is 6.85. The summed E-state index contributed by atoms with van der Waals surface area (Å²) >= 11 is 0. The molecule has 112 valence electrons. The summed E-state index contributed by atoms with van der Waals surface area (Å²) in [5.41, 5.74) is 2.59. The number of likely N-dealkylation sites (N-methyl/N-ethyl adjacent to an activating group) is 1. The fourth-order valence-electron chi connectivity index (χ4n) is 2.79. The van der Waals surface area contributed by atoms with Crippen LogP contribution in [0.3, 0.4) is 0 Å². The van der Waals surface area contributed by atoms with Crippen molar-refractivity contribution in [3.63, 3.8) is 0 Å². The summed E-state index contributed by atoms with van der Waals surface area (Å²) in [6.45, 7) is 2.10. The van der Waals surface area contributed by atoms with E-state index in [0.717, 1.165) is 50.2 Å². The molecule has 0 saturated heterocycles. The van der Waals surface area contributed by atoms with Crippen molar-refractivity contribution in [1.82, 2.24) is 9.97 Å². The van der Waals surface area contributed by atoms with Gasteiger partial charge >= 0.3 is 0 Å². The summed E-state index contributed by atoms with van der Waals surface area (Å²) in [5, 5.41) is 10.2. The van der Waals surface area contributed by atoms with Gasteiger partial charge in [0.2, 0.25) is 0 Å². The molecule has 1 aliphatic carbocycles. The number of hydrogen-bond acceptors (Lipinski definition) is 6. The highest BCUT2D eigenvalue weighted by atomic mass is 16.3. The largest absolute Gasteiger partial charge is 0.391 e. The maximum Gasteiger partial charge on any atom is 0.145 e. The first-order valence-electron chi connectivity index (χ1n) is 7.41. The van der Waals surface area contributed by atoms with Gasteiger partial charge in [-0.05, 0) is 19.3 Å². The van der Waals surface area contributed by atoms with Crippen molar-refractivity contribution in [2.45, 2.75) is 57.6 Å². The molecule has 2 unspecified atom stereocenters. The Hall–Kier alpha value is -1.40. The van der Waals surface area contributed by atoms with Crippen molar-refractivity contribution in [3.8, 4) is 0 Å². The number of rotatable bonds is 5. The average Bonchev–Trinajstić information content (AvgIpc) is 2.47. The van der Waals surface area contributed by atoms with Crippen molar-refractivity contribution in [1.29, 1.82) is 0 Å².